The van der Waals surface area contributed by atoms with Gasteiger partial charge < -0.3 is 9.47 Å². The van der Waals surface area contributed by atoms with Gasteiger partial charge in [-0.25, -0.2) is 4.79 Å². The summed E-state index contributed by atoms with van der Waals surface area (Å²) < 4.78 is 10.7. The Hall–Kier alpha value is -2.89. The molecule has 0 saturated heterocycles. The van der Waals surface area contributed by atoms with Crippen LogP contribution in [0.1, 0.15) is 5.56 Å². The molecular weight excluding hydrogens is 274 g/mol. The van der Waals surface area contributed by atoms with Crippen LogP contribution >= 0.6 is 0 Å². The molecule has 1 atom stereocenters. The van der Waals surface area contributed by atoms with Crippen LogP contribution in [0.2, 0.25) is 0 Å². The summed E-state index contributed by atoms with van der Waals surface area (Å²) in [6.07, 6.45) is -0.222. The van der Waals surface area contributed by atoms with E-state index < -0.39 is 17.0 Å². The van der Waals surface area contributed by atoms with E-state index in [1.807, 2.05) is 18.2 Å². The van der Waals surface area contributed by atoms with Crippen molar-refractivity contribution in [1.29, 1.82) is 0 Å². The van der Waals surface area contributed by atoms with Crippen molar-refractivity contribution in [1.82, 2.24) is 0 Å². The zero-order valence-electron chi connectivity index (χ0n) is 10.9. The molecule has 0 saturated carbocycles. The second kappa shape index (κ2) is 5.24. The van der Waals surface area contributed by atoms with Gasteiger partial charge in [0.1, 0.15) is 11.5 Å². The summed E-state index contributed by atoms with van der Waals surface area (Å²) in [5, 5.41) is 10.5. The molecule has 0 aliphatic carbocycles. The smallest absolute Gasteiger partial charge is 0.353 e. The van der Waals surface area contributed by atoms with Gasteiger partial charge in [-0.05, 0) is 23.8 Å². The minimum absolute atomic E-state index is 0.0562. The predicted molar refractivity (Wildman–Crippen MR) is 73.3 cm³/mol. The SMILES string of the molecule is O=C(Oc1ccc([N+](=O)[O-])cc1)[C@H]1Cc2ccccc2O1. The topological polar surface area (TPSA) is 78.7 Å². The third kappa shape index (κ3) is 2.69. The molecule has 0 aromatic heterocycles. The van der Waals surface area contributed by atoms with E-state index >= 15 is 0 Å². The average Bonchev–Trinajstić information content (AvgIpc) is 2.92. The minimum Gasteiger partial charge on any atom is -0.478 e. The molecule has 1 aliphatic heterocycles. The van der Waals surface area contributed by atoms with Crippen molar-refractivity contribution < 1.29 is 19.2 Å². The first-order valence-electron chi connectivity index (χ1n) is 6.34. The summed E-state index contributed by atoms with van der Waals surface area (Å²) in [6.45, 7) is 0. The summed E-state index contributed by atoms with van der Waals surface area (Å²) in [6, 6.07) is 12.8. The van der Waals surface area contributed by atoms with Crippen molar-refractivity contribution in [3.05, 3.63) is 64.2 Å². The molecule has 0 unspecified atom stereocenters. The van der Waals surface area contributed by atoms with E-state index in [1.54, 1.807) is 6.07 Å². The highest BCUT2D eigenvalue weighted by Crippen LogP contribution is 2.29. The number of ether oxygens (including phenoxy) is 2. The summed E-state index contributed by atoms with van der Waals surface area (Å²) >= 11 is 0. The van der Waals surface area contributed by atoms with Gasteiger partial charge >= 0.3 is 5.97 Å². The number of benzene rings is 2. The Kier molecular flexibility index (Phi) is 3.27. The summed E-state index contributed by atoms with van der Waals surface area (Å²) in [4.78, 5) is 22.1. The molecule has 1 heterocycles. The van der Waals surface area contributed by atoms with Gasteiger partial charge in [-0.15, -0.1) is 0 Å². The summed E-state index contributed by atoms with van der Waals surface area (Å²) in [5.74, 6) is 0.424. The lowest BCUT2D eigenvalue weighted by Crippen LogP contribution is -2.29. The van der Waals surface area contributed by atoms with Crippen molar-refractivity contribution in [3.63, 3.8) is 0 Å². The number of fused-ring (bicyclic) bond motifs is 1. The van der Waals surface area contributed by atoms with Gasteiger partial charge in [-0.3, -0.25) is 10.1 Å². The van der Waals surface area contributed by atoms with Crippen LogP contribution in [0.25, 0.3) is 0 Å². The lowest BCUT2D eigenvalue weighted by atomic mass is 10.1. The van der Waals surface area contributed by atoms with Crippen molar-refractivity contribution in [2.75, 3.05) is 0 Å². The van der Waals surface area contributed by atoms with Gasteiger partial charge in [0.05, 0.1) is 4.92 Å². The predicted octanol–water partition coefficient (Wildman–Crippen LogP) is 2.50. The number of nitro benzene ring substituents is 1. The Bertz CT molecular complexity index is 670. The van der Waals surface area contributed by atoms with Crippen molar-refractivity contribution in [3.8, 4) is 11.5 Å². The van der Waals surface area contributed by atoms with Crippen LogP contribution in [-0.4, -0.2) is 17.0 Å². The molecule has 1 aliphatic rings. The largest absolute Gasteiger partial charge is 0.478 e. The maximum atomic E-state index is 12.0. The van der Waals surface area contributed by atoms with E-state index in [2.05, 4.69) is 0 Å². The van der Waals surface area contributed by atoms with Crippen molar-refractivity contribution in [2.45, 2.75) is 12.5 Å². The van der Waals surface area contributed by atoms with Crippen LogP contribution in [0, 0.1) is 10.1 Å². The molecular formula is C15H11NO5. The van der Waals surface area contributed by atoms with Crippen molar-refractivity contribution in [2.24, 2.45) is 0 Å². The highest BCUT2D eigenvalue weighted by atomic mass is 16.6. The molecule has 21 heavy (non-hydrogen) atoms. The Labute approximate surface area is 120 Å². The molecule has 2 aromatic carbocycles. The molecule has 3 rings (SSSR count). The third-order valence-electron chi connectivity index (χ3n) is 3.18. The first kappa shape index (κ1) is 13.1. The van der Waals surface area contributed by atoms with E-state index in [0.717, 1.165) is 5.56 Å². The fourth-order valence-electron chi connectivity index (χ4n) is 2.13. The highest BCUT2D eigenvalue weighted by molar-refractivity contribution is 5.79. The molecule has 0 radical (unpaired) electrons. The Morgan fingerprint density at radius 1 is 1.19 bits per heavy atom. The van der Waals surface area contributed by atoms with Gasteiger partial charge in [0.15, 0.2) is 6.10 Å². The zero-order valence-corrected chi connectivity index (χ0v) is 10.9. The first-order valence-corrected chi connectivity index (χ1v) is 6.34. The second-order valence-corrected chi connectivity index (χ2v) is 4.59. The molecule has 6 nitrogen and oxygen atoms in total. The zero-order chi connectivity index (χ0) is 14.8. The van der Waals surface area contributed by atoms with Crippen LogP contribution in [0.15, 0.2) is 48.5 Å². The second-order valence-electron chi connectivity index (χ2n) is 4.59. The molecule has 0 N–H and O–H groups in total. The number of nitro groups is 1. The van der Waals surface area contributed by atoms with Gasteiger partial charge in [0.25, 0.3) is 5.69 Å². The minimum atomic E-state index is -0.683. The Morgan fingerprint density at radius 2 is 1.90 bits per heavy atom. The number of hydrogen-bond acceptors (Lipinski definition) is 5. The fraction of sp³-hybridized carbons (Fsp3) is 0.133. The van der Waals surface area contributed by atoms with E-state index in [0.29, 0.717) is 12.2 Å². The molecule has 106 valence electrons. The lowest BCUT2D eigenvalue weighted by Gasteiger charge is -2.10. The number of carbonyl (C=O) groups is 1. The van der Waals surface area contributed by atoms with Crippen molar-refractivity contribution >= 4 is 11.7 Å². The van der Waals surface area contributed by atoms with E-state index in [4.69, 9.17) is 9.47 Å². The third-order valence-corrected chi connectivity index (χ3v) is 3.18. The van der Waals surface area contributed by atoms with Gasteiger partial charge in [-0.1, -0.05) is 18.2 Å². The molecule has 6 heteroatoms. The van der Waals surface area contributed by atoms with Crippen LogP contribution in [-0.2, 0) is 11.2 Å². The van der Waals surface area contributed by atoms with Crippen LogP contribution in [0.4, 0.5) is 5.69 Å². The van der Waals surface area contributed by atoms with Crippen LogP contribution in [0.3, 0.4) is 0 Å². The number of esters is 1. The Balaban J connectivity index is 1.66. The van der Waals surface area contributed by atoms with E-state index in [-0.39, 0.29) is 11.4 Å². The maximum Gasteiger partial charge on any atom is 0.353 e. The van der Waals surface area contributed by atoms with Crippen LogP contribution < -0.4 is 9.47 Å². The number of hydrogen-bond donors (Lipinski definition) is 0. The Morgan fingerprint density at radius 3 is 2.57 bits per heavy atom. The molecule has 0 amide bonds. The van der Waals surface area contributed by atoms with E-state index in [1.165, 1.54) is 24.3 Å². The highest BCUT2D eigenvalue weighted by Gasteiger charge is 2.30. The summed E-state index contributed by atoms with van der Waals surface area (Å²) in [7, 11) is 0. The molecule has 2 aromatic rings. The van der Waals surface area contributed by atoms with Crippen LogP contribution in [0.5, 0.6) is 11.5 Å². The first-order chi connectivity index (χ1) is 10.1. The molecule has 0 bridgehead atoms. The number of non-ortho nitro benzene ring substituents is 1. The van der Waals surface area contributed by atoms with Gasteiger partial charge in [0, 0.05) is 18.6 Å². The standard InChI is InChI=1S/C15H11NO5/c17-15(14-9-10-3-1-2-4-13(10)21-14)20-12-7-5-11(6-8-12)16(18)19/h1-8,14H,9H2/t14-/m1/s1. The number of rotatable bonds is 3. The summed E-state index contributed by atoms with van der Waals surface area (Å²) in [5.41, 5.74) is 0.905. The van der Waals surface area contributed by atoms with E-state index in [9.17, 15) is 14.9 Å². The monoisotopic (exact) mass is 285 g/mol. The molecule has 0 spiro atoms. The maximum absolute atomic E-state index is 12.0. The fourth-order valence-corrected chi connectivity index (χ4v) is 2.13. The normalized spacial score (nSPS) is 15.9. The van der Waals surface area contributed by atoms with Gasteiger partial charge in [0.2, 0.25) is 0 Å². The number of carbonyl (C=O) groups excluding carboxylic acids is 1. The quantitative estimate of drug-likeness (QED) is 0.374. The van der Waals surface area contributed by atoms with Gasteiger partial charge in [-0.2, -0.15) is 0 Å². The average molecular weight is 285 g/mol. The number of para-hydroxylation sites is 1. The molecule has 0 fully saturated rings. The number of nitrogens with zero attached hydrogens (tertiary/aromatic N) is 1. The lowest BCUT2D eigenvalue weighted by molar-refractivity contribution is -0.384.